The van der Waals surface area contributed by atoms with Gasteiger partial charge in [-0.3, -0.25) is 0 Å². The molecule has 2 aromatic rings. The average molecular weight is 633 g/mol. The molecular weight excluding hydrogens is 576 g/mol. The normalized spacial score (nSPS) is 13.6. The summed E-state index contributed by atoms with van der Waals surface area (Å²) in [6.45, 7) is 28.4. The van der Waals surface area contributed by atoms with Gasteiger partial charge in [0.1, 0.15) is 0 Å². The minimum atomic E-state index is -0.124. The van der Waals surface area contributed by atoms with Crippen LogP contribution in [0.25, 0.3) is 5.32 Å². The van der Waals surface area contributed by atoms with Gasteiger partial charge in [0.2, 0.25) is 0 Å². The Hall–Kier alpha value is -0.581. The number of nitrogens with two attached hydrogens (primary N) is 2. The predicted octanol–water partition coefficient (Wildman–Crippen LogP) is 10.9. The fraction of sp³-hybridized carbons (Fsp3) is 0.647. The second kappa shape index (κ2) is 17.5. The van der Waals surface area contributed by atoms with Crippen molar-refractivity contribution < 1.29 is 13.1 Å². The summed E-state index contributed by atoms with van der Waals surface area (Å²) >= 11 is 0.00694. The predicted molar refractivity (Wildman–Crippen MR) is 176 cm³/mol. The van der Waals surface area contributed by atoms with Gasteiger partial charge < -0.3 is 16.8 Å². The summed E-state index contributed by atoms with van der Waals surface area (Å²) in [6, 6.07) is 9.26. The van der Waals surface area contributed by atoms with Gasteiger partial charge in [0.05, 0.1) is 0 Å². The average Bonchev–Trinajstić information content (AvgIpc) is 2.86. The van der Waals surface area contributed by atoms with Gasteiger partial charge in [0, 0.05) is 12.1 Å². The molecule has 0 spiro atoms. The zero-order valence-corrected chi connectivity index (χ0v) is 29.8. The summed E-state index contributed by atoms with van der Waals surface area (Å²) in [5, 5.41) is 4.99. The van der Waals surface area contributed by atoms with Crippen LogP contribution in [0.1, 0.15) is 175 Å². The summed E-state index contributed by atoms with van der Waals surface area (Å²) in [5.41, 5.74) is 24.7. The van der Waals surface area contributed by atoms with E-state index in [1.807, 2.05) is 0 Å². The molecule has 2 atom stereocenters. The van der Waals surface area contributed by atoms with Gasteiger partial charge >= 0.3 is 33.3 Å². The van der Waals surface area contributed by atoms with E-state index in [4.69, 9.17) is 37.0 Å². The van der Waals surface area contributed by atoms with Gasteiger partial charge in [-0.25, -0.2) is 0 Å². The van der Waals surface area contributed by atoms with Crippen molar-refractivity contribution in [3.8, 4) is 0 Å². The molecule has 0 saturated carbocycles. The van der Waals surface area contributed by atoms with E-state index in [0.29, 0.717) is 48.6 Å². The second-order valence-electron chi connectivity index (χ2n) is 13.0. The Labute approximate surface area is 261 Å². The maximum absolute atomic E-state index is 6.90. The van der Waals surface area contributed by atoms with E-state index in [1.165, 1.54) is 44.5 Å². The molecular formula is C34H56Cl2MnN3-. The second-order valence-corrected chi connectivity index (χ2v) is 15.0. The van der Waals surface area contributed by atoms with Gasteiger partial charge in [0.25, 0.3) is 0 Å². The third-order valence-corrected chi connectivity index (χ3v) is 7.75. The molecule has 0 radical (unpaired) electrons. The molecule has 6 heteroatoms. The SMILES string of the molecule is CC(C)c1cc(C(C)C)c(C(N)C[N-]CC(N)c2c(C(C)C)cc(C(C)C)cc2C(C)C)c(C(C)C)c1.[Cl][Mn][Cl]. The van der Waals surface area contributed by atoms with Crippen LogP contribution in [-0.2, 0) is 13.1 Å². The van der Waals surface area contributed by atoms with E-state index in [0.717, 1.165) is 0 Å². The Kier molecular flexibility index (Phi) is 16.4. The van der Waals surface area contributed by atoms with Crippen molar-refractivity contribution in [3.05, 3.63) is 74.1 Å². The number of hydrogen-bond donors (Lipinski definition) is 2. The van der Waals surface area contributed by atoms with Crippen LogP contribution < -0.4 is 11.5 Å². The molecule has 2 rings (SSSR count). The van der Waals surface area contributed by atoms with Crippen LogP contribution in [0.15, 0.2) is 24.3 Å². The molecule has 2 unspecified atom stereocenters. The van der Waals surface area contributed by atoms with E-state index in [1.54, 1.807) is 0 Å². The molecule has 0 saturated heterocycles. The number of hydrogen-bond acceptors (Lipinski definition) is 2. The summed E-state index contributed by atoms with van der Waals surface area (Å²) in [4.78, 5) is 0. The van der Waals surface area contributed by atoms with Crippen LogP contribution >= 0.6 is 20.2 Å². The maximum atomic E-state index is 6.90. The molecule has 0 aliphatic carbocycles. The number of benzene rings is 2. The monoisotopic (exact) mass is 631 g/mol. The van der Waals surface area contributed by atoms with E-state index in [9.17, 15) is 0 Å². The molecule has 0 heterocycles. The van der Waals surface area contributed by atoms with Crippen LogP contribution in [0.3, 0.4) is 0 Å². The van der Waals surface area contributed by atoms with Crippen LogP contribution in [0.4, 0.5) is 0 Å². The van der Waals surface area contributed by atoms with Crippen molar-refractivity contribution in [3.63, 3.8) is 0 Å². The minimum absolute atomic E-state index is 0.00694. The van der Waals surface area contributed by atoms with Crippen molar-refractivity contribution in [1.29, 1.82) is 0 Å². The van der Waals surface area contributed by atoms with E-state index in [2.05, 4.69) is 107 Å². The van der Waals surface area contributed by atoms with Crippen LogP contribution in [-0.4, -0.2) is 13.1 Å². The summed E-state index contributed by atoms with van der Waals surface area (Å²) in [5.74, 6) is 2.66. The van der Waals surface area contributed by atoms with E-state index >= 15 is 0 Å². The Balaban J connectivity index is 0.00000254. The van der Waals surface area contributed by atoms with E-state index < -0.39 is 0 Å². The molecule has 0 fully saturated rings. The Morgan fingerprint density at radius 1 is 0.525 bits per heavy atom. The fourth-order valence-corrected chi connectivity index (χ4v) is 5.41. The first-order chi connectivity index (χ1) is 18.6. The van der Waals surface area contributed by atoms with Crippen molar-refractivity contribution in [2.24, 2.45) is 11.5 Å². The zero-order chi connectivity index (χ0) is 30.9. The molecule has 0 aliphatic heterocycles. The first kappa shape index (κ1) is 37.4. The Morgan fingerprint density at radius 3 is 0.925 bits per heavy atom. The molecule has 229 valence electrons. The first-order valence-corrected chi connectivity index (χ1v) is 18.2. The van der Waals surface area contributed by atoms with Crippen LogP contribution in [0.5, 0.6) is 0 Å². The molecule has 0 aliphatic rings. The third kappa shape index (κ3) is 10.3. The molecule has 40 heavy (non-hydrogen) atoms. The summed E-state index contributed by atoms with van der Waals surface area (Å²) in [7, 11) is 9.59. The van der Waals surface area contributed by atoms with Crippen LogP contribution in [0, 0.1) is 0 Å². The fourth-order valence-electron chi connectivity index (χ4n) is 5.41. The Bertz CT molecular complexity index is 908. The summed E-state index contributed by atoms with van der Waals surface area (Å²) in [6.07, 6.45) is 0. The standard InChI is InChI=1S/C34H56N3.2ClH.Mn/c1-19(2)25-13-27(21(5)6)33(28(14-25)22(7)8)31(35)17-37-18-32(36)34-29(23(9)10)15-26(20(3)4)16-30(34)24(11)12;;;/h13-16,19-24,31-32H,17-18,35-36H2,1-12H3;2*1H;/q-1;;;+2/p-2. The van der Waals surface area contributed by atoms with Gasteiger partial charge in [-0.15, -0.1) is 13.1 Å². The van der Waals surface area contributed by atoms with Crippen molar-refractivity contribution in [2.75, 3.05) is 13.1 Å². The molecule has 0 bridgehead atoms. The van der Waals surface area contributed by atoms with Gasteiger partial charge in [0.15, 0.2) is 0 Å². The van der Waals surface area contributed by atoms with Gasteiger partial charge in [-0.1, -0.05) is 107 Å². The first-order valence-electron chi connectivity index (χ1n) is 14.9. The number of rotatable bonds is 12. The van der Waals surface area contributed by atoms with Gasteiger partial charge in [-0.05, 0) is 80.0 Å². The van der Waals surface area contributed by atoms with Gasteiger partial charge in [-0.2, -0.15) is 0 Å². The molecule has 4 N–H and O–H groups in total. The van der Waals surface area contributed by atoms with Crippen molar-refractivity contribution in [2.45, 2.75) is 131 Å². The van der Waals surface area contributed by atoms with Crippen LogP contribution in [0.2, 0.25) is 0 Å². The summed E-state index contributed by atoms with van der Waals surface area (Å²) < 4.78 is 0. The van der Waals surface area contributed by atoms with Crippen molar-refractivity contribution >= 4 is 20.2 Å². The van der Waals surface area contributed by atoms with E-state index in [-0.39, 0.29) is 25.2 Å². The topological polar surface area (TPSA) is 66.1 Å². The molecule has 0 amide bonds. The molecule has 0 aromatic heterocycles. The number of nitrogens with zero attached hydrogens (tertiary/aromatic N) is 1. The van der Waals surface area contributed by atoms with Crippen molar-refractivity contribution in [1.82, 2.24) is 0 Å². The Morgan fingerprint density at radius 2 is 0.750 bits per heavy atom. The quantitative estimate of drug-likeness (QED) is 0.229. The third-order valence-electron chi connectivity index (χ3n) is 7.75. The number of halogens is 2. The molecule has 3 nitrogen and oxygen atoms in total. The zero-order valence-electron chi connectivity index (χ0n) is 27.1. The molecule has 2 aromatic carbocycles.